The minimum Gasteiger partial charge on any atom is -0.496 e. The first-order valence-electron chi connectivity index (χ1n) is 11.9. The lowest BCUT2D eigenvalue weighted by atomic mass is 10.0. The first-order chi connectivity index (χ1) is 17.4. The summed E-state index contributed by atoms with van der Waals surface area (Å²) < 4.78 is 61.3. The quantitative estimate of drug-likeness (QED) is 0.418. The van der Waals surface area contributed by atoms with Crippen LogP contribution in [-0.2, 0) is 0 Å². The van der Waals surface area contributed by atoms with Crippen molar-refractivity contribution in [2.24, 2.45) is 0 Å². The number of alkyl halides is 3. The van der Waals surface area contributed by atoms with Crippen molar-refractivity contribution in [2.75, 3.05) is 33.4 Å². The molecule has 1 aliphatic carbocycles. The molecule has 2 aromatic carbocycles. The Kier molecular flexibility index (Phi) is 6.95. The maximum Gasteiger partial charge on any atom is 0.387 e. The predicted octanol–water partition coefficient (Wildman–Crippen LogP) is 5.02. The Balaban J connectivity index is 1.41. The molecule has 192 valence electrons. The molecule has 10 heteroatoms. The number of nitrogens with zero attached hydrogens (tertiary/aromatic N) is 1. The Bertz CT molecular complexity index is 1240. The monoisotopic (exact) mass is 504 g/mol. The first-order valence-corrected chi connectivity index (χ1v) is 11.9. The molecule has 1 N–H and O–H groups in total. The average Bonchev–Trinajstić information content (AvgIpc) is 3.22. The third-order valence-corrected chi connectivity index (χ3v) is 6.49. The third-order valence-electron chi connectivity index (χ3n) is 6.49. The normalized spacial score (nSPS) is 19.6. The predicted molar refractivity (Wildman–Crippen MR) is 127 cm³/mol. The second-order valence-electron chi connectivity index (χ2n) is 8.97. The molecule has 0 radical (unpaired) electrons. The fourth-order valence-corrected chi connectivity index (χ4v) is 4.49. The lowest BCUT2D eigenvalue weighted by molar-refractivity contribution is -0.0502. The van der Waals surface area contributed by atoms with E-state index < -0.39 is 24.7 Å². The molecule has 36 heavy (non-hydrogen) atoms. The summed E-state index contributed by atoms with van der Waals surface area (Å²) in [5.74, 6) is -0.427. The summed E-state index contributed by atoms with van der Waals surface area (Å²) in [4.78, 5) is 15.1. The molecule has 1 aromatic heterocycles. The number of benzene rings is 2. The van der Waals surface area contributed by atoms with Crippen molar-refractivity contribution in [3.63, 3.8) is 0 Å². The molecule has 0 unspecified atom stereocenters. The Hall–Kier alpha value is -3.40. The number of carbonyl (C=O) groups is 1. The molecule has 1 saturated heterocycles. The second kappa shape index (κ2) is 10.3. The molecular formula is C26H27F3N2O5. The fraction of sp³-hybridized carbons (Fsp3) is 0.423. The van der Waals surface area contributed by atoms with E-state index in [1.165, 1.54) is 38.3 Å². The zero-order valence-electron chi connectivity index (χ0n) is 19.8. The van der Waals surface area contributed by atoms with E-state index in [1.807, 2.05) is 12.1 Å². The van der Waals surface area contributed by atoms with E-state index >= 15 is 0 Å². The van der Waals surface area contributed by atoms with Crippen LogP contribution >= 0.6 is 0 Å². The van der Waals surface area contributed by atoms with Crippen LogP contribution in [0.5, 0.6) is 17.2 Å². The van der Waals surface area contributed by atoms with Gasteiger partial charge in [0.1, 0.15) is 41.2 Å². The van der Waals surface area contributed by atoms with Gasteiger partial charge >= 0.3 is 6.61 Å². The second-order valence-corrected chi connectivity index (χ2v) is 8.97. The standard InChI is InChI=1S/C26H27F3N2O5/c1-33-22-10-15(11-23(36-26(28)29)24(22)25(32)30-20-13-19(20)27)18-14-35-21-12-16(4-5-17(18)21)34-9-8-31-6-2-3-7-31/h4-5,10-12,14,19-20,26H,2-3,6-9,13H2,1H3,(H,30,32)/t19-,20-/m1/s1. The summed E-state index contributed by atoms with van der Waals surface area (Å²) in [6, 6.07) is 7.65. The Morgan fingerprint density at radius 2 is 1.94 bits per heavy atom. The minimum absolute atomic E-state index is 0.0212. The van der Waals surface area contributed by atoms with E-state index in [2.05, 4.69) is 15.0 Å². The van der Waals surface area contributed by atoms with Gasteiger partial charge < -0.3 is 23.9 Å². The van der Waals surface area contributed by atoms with E-state index in [4.69, 9.17) is 13.9 Å². The van der Waals surface area contributed by atoms with Gasteiger partial charge in [-0.25, -0.2) is 4.39 Å². The van der Waals surface area contributed by atoms with E-state index in [0.29, 0.717) is 29.1 Å². The van der Waals surface area contributed by atoms with Crippen LogP contribution in [0.4, 0.5) is 13.2 Å². The van der Waals surface area contributed by atoms with E-state index in [0.717, 1.165) is 25.0 Å². The first kappa shape index (κ1) is 24.3. The molecule has 0 bridgehead atoms. The molecule has 3 aromatic rings. The van der Waals surface area contributed by atoms with Gasteiger partial charge in [-0.05, 0) is 55.8 Å². The minimum atomic E-state index is -3.17. The highest BCUT2D eigenvalue weighted by atomic mass is 19.3. The zero-order valence-corrected chi connectivity index (χ0v) is 19.8. The topological polar surface area (TPSA) is 73.2 Å². The van der Waals surface area contributed by atoms with E-state index in [1.54, 1.807) is 6.07 Å². The summed E-state index contributed by atoms with van der Waals surface area (Å²) in [6.07, 6.45) is 2.98. The smallest absolute Gasteiger partial charge is 0.387 e. The van der Waals surface area contributed by atoms with Crippen LogP contribution in [0.15, 0.2) is 41.0 Å². The molecule has 5 rings (SSSR count). The molecule has 2 fully saturated rings. The van der Waals surface area contributed by atoms with E-state index in [-0.39, 0.29) is 23.5 Å². The summed E-state index contributed by atoms with van der Waals surface area (Å²) in [5, 5.41) is 3.20. The van der Waals surface area contributed by atoms with Gasteiger partial charge in [0.15, 0.2) is 0 Å². The van der Waals surface area contributed by atoms with Gasteiger partial charge in [-0.15, -0.1) is 0 Å². The van der Waals surface area contributed by atoms with Crippen LogP contribution < -0.4 is 19.5 Å². The van der Waals surface area contributed by atoms with Crippen LogP contribution in [0.1, 0.15) is 29.6 Å². The third kappa shape index (κ3) is 5.23. The van der Waals surface area contributed by atoms with Gasteiger partial charge in [-0.3, -0.25) is 9.69 Å². The number of methoxy groups -OCH3 is 1. The zero-order chi connectivity index (χ0) is 25.2. The highest BCUT2D eigenvalue weighted by molar-refractivity contribution is 6.02. The van der Waals surface area contributed by atoms with Crippen LogP contribution in [0, 0.1) is 0 Å². The van der Waals surface area contributed by atoms with Gasteiger partial charge in [0, 0.05) is 30.0 Å². The molecule has 2 atom stereocenters. The van der Waals surface area contributed by atoms with E-state index in [9.17, 15) is 18.0 Å². The molecule has 7 nitrogen and oxygen atoms in total. The van der Waals surface area contributed by atoms with Crippen LogP contribution in [0.3, 0.4) is 0 Å². The van der Waals surface area contributed by atoms with Gasteiger partial charge in [0.05, 0.1) is 19.4 Å². The maximum atomic E-state index is 13.3. The van der Waals surface area contributed by atoms with Crippen molar-refractivity contribution in [1.29, 1.82) is 0 Å². The summed E-state index contributed by atoms with van der Waals surface area (Å²) >= 11 is 0. The van der Waals surface area contributed by atoms with Gasteiger partial charge in [-0.2, -0.15) is 8.78 Å². The van der Waals surface area contributed by atoms with Crippen LogP contribution in [-0.4, -0.2) is 63.0 Å². The lowest BCUT2D eigenvalue weighted by Gasteiger charge is -2.16. The Morgan fingerprint density at radius 3 is 2.64 bits per heavy atom. The number of hydrogen-bond acceptors (Lipinski definition) is 6. The fourth-order valence-electron chi connectivity index (χ4n) is 4.49. The SMILES string of the molecule is COc1cc(-c2coc3cc(OCCN4CCCC4)ccc23)cc(OC(F)F)c1C(=O)N[C@@H]1C[C@H]1F. The lowest BCUT2D eigenvalue weighted by Crippen LogP contribution is -2.28. The van der Waals surface area contributed by atoms with Crippen molar-refractivity contribution in [2.45, 2.75) is 38.1 Å². The Morgan fingerprint density at radius 1 is 1.19 bits per heavy atom. The van der Waals surface area contributed by atoms with Crippen molar-refractivity contribution >= 4 is 16.9 Å². The number of hydrogen-bond donors (Lipinski definition) is 1. The molecular weight excluding hydrogens is 477 g/mol. The highest BCUT2D eigenvalue weighted by Gasteiger charge is 2.40. The number of furan rings is 1. The summed E-state index contributed by atoms with van der Waals surface area (Å²) in [7, 11) is 1.32. The number of nitrogens with one attached hydrogen (secondary N) is 1. The number of carbonyl (C=O) groups excluding carboxylic acids is 1. The molecule has 1 amide bonds. The number of amides is 1. The average molecular weight is 505 g/mol. The van der Waals surface area contributed by atoms with Crippen molar-refractivity contribution in [3.05, 3.63) is 42.2 Å². The van der Waals surface area contributed by atoms with Crippen LogP contribution in [0.2, 0.25) is 0 Å². The van der Waals surface area contributed by atoms with Gasteiger partial charge in [-0.1, -0.05) is 0 Å². The molecule has 2 aliphatic rings. The molecule has 1 saturated carbocycles. The summed E-state index contributed by atoms with van der Waals surface area (Å²) in [5.41, 5.74) is 1.39. The number of fused-ring (bicyclic) bond motifs is 1. The van der Waals surface area contributed by atoms with Crippen molar-refractivity contribution < 1.29 is 36.6 Å². The number of halogens is 3. The van der Waals surface area contributed by atoms with Gasteiger partial charge in [0.25, 0.3) is 5.91 Å². The number of likely N-dealkylation sites (tertiary alicyclic amines) is 1. The van der Waals surface area contributed by atoms with Crippen LogP contribution in [0.25, 0.3) is 22.1 Å². The van der Waals surface area contributed by atoms with Crippen molar-refractivity contribution in [1.82, 2.24) is 10.2 Å². The highest BCUT2D eigenvalue weighted by Crippen LogP contribution is 2.40. The number of rotatable bonds is 10. The molecule has 0 spiro atoms. The number of ether oxygens (including phenoxy) is 3. The Labute approximate surface area is 206 Å². The molecule has 2 heterocycles. The van der Waals surface area contributed by atoms with Gasteiger partial charge in [0.2, 0.25) is 0 Å². The largest absolute Gasteiger partial charge is 0.496 e. The summed E-state index contributed by atoms with van der Waals surface area (Å²) in [6.45, 7) is 0.455. The van der Waals surface area contributed by atoms with Crippen molar-refractivity contribution in [3.8, 4) is 28.4 Å². The molecule has 1 aliphatic heterocycles. The maximum absolute atomic E-state index is 13.3.